The largest absolute Gasteiger partial charge is 0.456 e. The number of rotatable bonds is 2. The maximum Gasteiger partial charge on any atom is 0.450 e. The van der Waals surface area contributed by atoms with Gasteiger partial charge in [0.25, 0.3) is 0 Å². The number of carbonyl (C=O) groups excluding carboxylic acids is 1. The van der Waals surface area contributed by atoms with Gasteiger partial charge >= 0.3 is 6.18 Å². The molecule has 0 aliphatic carbocycles. The summed E-state index contributed by atoms with van der Waals surface area (Å²) in [6.45, 7) is 3.07. The highest BCUT2D eigenvalue weighted by atomic mass is 32.2. The second-order valence-electron chi connectivity index (χ2n) is 2.82. The van der Waals surface area contributed by atoms with Crippen molar-refractivity contribution >= 4 is 16.9 Å². The van der Waals surface area contributed by atoms with Gasteiger partial charge in [-0.25, -0.2) is 0 Å². The molecule has 0 aliphatic heterocycles. The van der Waals surface area contributed by atoms with Crippen molar-refractivity contribution in [2.45, 2.75) is 20.0 Å². The first-order chi connectivity index (χ1) is 6.86. The molecule has 0 N–H and O–H groups in total. The fourth-order valence-electron chi connectivity index (χ4n) is 1.09. The summed E-state index contributed by atoms with van der Waals surface area (Å²) in [6.07, 6.45) is -4.62. The number of furan rings is 1. The molecule has 0 atom stereocenters. The van der Waals surface area contributed by atoms with Crippen LogP contribution in [-0.4, -0.2) is 10.9 Å². The predicted molar refractivity (Wildman–Crippen MR) is 50.9 cm³/mol. The molecular weight excluding hydrogens is 229 g/mol. The van der Waals surface area contributed by atoms with Gasteiger partial charge in [0.2, 0.25) is 10.9 Å². The Kier molecular flexibility index (Phi) is 3.49. The summed E-state index contributed by atoms with van der Waals surface area (Å²) in [5, 5.41) is -0.610. The first-order valence-corrected chi connectivity index (χ1v) is 5.19. The van der Waals surface area contributed by atoms with Crippen molar-refractivity contribution in [3.05, 3.63) is 23.2 Å². The van der Waals surface area contributed by atoms with Crippen molar-refractivity contribution in [3.63, 3.8) is 0 Å². The first-order valence-electron chi connectivity index (χ1n) is 4.21. The van der Waals surface area contributed by atoms with E-state index in [1.165, 1.54) is 6.92 Å². The van der Waals surface area contributed by atoms with Crippen LogP contribution in [0, 0.1) is 6.92 Å². The number of hydrogen-bond acceptors (Lipinski definition) is 3. The topological polar surface area (TPSA) is 30.2 Å². The smallest absolute Gasteiger partial charge is 0.450 e. The number of carbonyl (C=O) groups is 1. The lowest BCUT2D eigenvalue weighted by Gasteiger charge is -2.04. The minimum atomic E-state index is -4.62. The molecule has 0 bridgehead atoms. The van der Waals surface area contributed by atoms with Crippen molar-refractivity contribution in [2.75, 3.05) is 5.75 Å². The van der Waals surface area contributed by atoms with Crippen LogP contribution in [-0.2, 0) is 6.18 Å². The Labute approximate surface area is 88.8 Å². The molecule has 1 aromatic heterocycles. The SMILES string of the molecule is CCSC(=O)c1cc(C)oc1C(F)(F)F. The highest BCUT2D eigenvalue weighted by Gasteiger charge is 2.39. The van der Waals surface area contributed by atoms with Gasteiger partial charge in [0, 0.05) is 0 Å². The van der Waals surface area contributed by atoms with Gasteiger partial charge in [-0.3, -0.25) is 4.79 Å². The Bertz CT molecular complexity index is 368. The van der Waals surface area contributed by atoms with Crippen LogP contribution in [0.2, 0.25) is 0 Å². The number of hydrogen-bond donors (Lipinski definition) is 0. The quantitative estimate of drug-likeness (QED) is 0.789. The Morgan fingerprint density at radius 1 is 1.53 bits per heavy atom. The number of thioether (sulfide) groups is 1. The van der Waals surface area contributed by atoms with Crippen molar-refractivity contribution in [1.29, 1.82) is 0 Å². The number of alkyl halides is 3. The molecule has 0 amide bonds. The van der Waals surface area contributed by atoms with E-state index in [4.69, 9.17) is 0 Å². The molecule has 0 radical (unpaired) electrons. The van der Waals surface area contributed by atoms with Crippen molar-refractivity contribution in [3.8, 4) is 0 Å². The molecule has 0 spiro atoms. The molecule has 2 nitrogen and oxygen atoms in total. The molecule has 1 aromatic rings. The average molecular weight is 238 g/mol. The van der Waals surface area contributed by atoms with E-state index < -0.39 is 22.6 Å². The van der Waals surface area contributed by atoms with E-state index in [-0.39, 0.29) is 5.76 Å². The highest BCUT2D eigenvalue weighted by molar-refractivity contribution is 8.14. The molecule has 0 saturated carbocycles. The third-order valence-electron chi connectivity index (χ3n) is 1.61. The standard InChI is InChI=1S/C9H9F3O2S/c1-3-15-8(13)6-4-5(2)14-7(6)9(10,11)12/h4H,3H2,1-2H3. The Morgan fingerprint density at radius 3 is 2.60 bits per heavy atom. The van der Waals surface area contributed by atoms with Gasteiger partial charge in [0.15, 0.2) is 0 Å². The van der Waals surface area contributed by atoms with E-state index >= 15 is 0 Å². The Morgan fingerprint density at radius 2 is 2.13 bits per heavy atom. The normalized spacial score (nSPS) is 11.8. The predicted octanol–water partition coefficient (Wildman–Crippen LogP) is 3.50. The van der Waals surface area contributed by atoms with Crippen LogP contribution in [0.4, 0.5) is 13.2 Å². The van der Waals surface area contributed by atoms with Crippen LogP contribution in [0.25, 0.3) is 0 Å². The van der Waals surface area contributed by atoms with Gasteiger partial charge in [-0.2, -0.15) is 13.2 Å². The molecular formula is C9H9F3O2S. The second kappa shape index (κ2) is 4.30. The van der Waals surface area contributed by atoms with Gasteiger partial charge in [-0.05, 0) is 18.7 Å². The summed E-state index contributed by atoms with van der Waals surface area (Å²) in [6, 6.07) is 1.12. The number of aryl methyl sites for hydroxylation is 1. The average Bonchev–Trinajstić information content (AvgIpc) is 2.47. The fraction of sp³-hybridized carbons (Fsp3) is 0.444. The lowest BCUT2D eigenvalue weighted by atomic mass is 10.2. The van der Waals surface area contributed by atoms with Crippen molar-refractivity contribution < 1.29 is 22.4 Å². The van der Waals surface area contributed by atoms with Gasteiger partial charge in [-0.15, -0.1) is 0 Å². The lowest BCUT2D eigenvalue weighted by Crippen LogP contribution is -2.09. The molecule has 1 rings (SSSR count). The summed E-state index contributed by atoms with van der Waals surface area (Å²) in [5.41, 5.74) is -0.396. The summed E-state index contributed by atoms with van der Waals surface area (Å²) in [4.78, 5) is 11.3. The molecule has 84 valence electrons. The van der Waals surface area contributed by atoms with E-state index in [1.807, 2.05) is 0 Å². The summed E-state index contributed by atoms with van der Waals surface area (Å²) < 4.78 is 41.7. The third-order valence-corrected chi connectivity index (χ3v) is 2.38. The van der Waals surface area contributed by atoms with Crippen molar-refractivity contribution in [1.82, 2.24) is 0 Å². The van der Waals surface area contributed by atoms with Gasteiger partial charge < -0.3 is 4.42 Å². The molecule has 0 unspecified atom stereocenters. The lowest BCUT2D eigenvalue weighted by molar-refractivity contribution is -0.153. The summed E-state index contributed by atoms with van der Waals surface area (Å²) in [7, 11) is 0. The maximum atomic E-state index is 12.4. The van der Waals surface area contributed by atoms with Crippen LogP contribution in [0.3, 0.4) is 0 Å². The van der Waals surface area contributed by atoms with Crippen molar-refractivity contribution in [2.24, 2.45) is 0 Å². The third kappa shape index (κ3) is 2.77. The van der Waals surface area contributed by atoms with Gasteiger partial charge in [-0.1, -0.05) is 18.7 Å². The van der Waals surface area contributed by atoms with E-state index in [0.717, 1.165) is 17.8 Å². The Balaban J connectivity index is 3.12. The van der Waals surface area contributed by atoms with Gasteiger partial charge in [0.1, 0.15) is 5.76 Å². The second-order valence-corrected chi connectivity index (χ2v) is 4.05. The van der Waals surface area contributed by atoms with E-state index in [9.17, 15) is 18.0 Å². The minimum Gasteiger partial charge on any atom is -0.456 e. The minimum absolute atomic E-state index is 0.0855. The molecule has 0 aliphatic rings. The molecule has 6 heteroatoms. The van der Waals surface area contributed by atoms with E-state index in [0.29, 0.717) is 5.75 Å². The van der Waals surface area contributed by atoms with Crippen LogP contribution in [0.1, 0.15) is 28.8 Å². The fourth-order valence-corrected chi connectivity index (χ4v) is 1.65. The van der Waals surface area contributed by atoms with Crippen LogP contribution >= 0.6 is 11.8 Å². The molecule has 0 fully saturated rings. The molecule has 0 saturated heterocycles. The highest BCUT2D eigenvalue weighted by Crippen LogP contribution is 2.35. The zero-order valence-electron chi connectivity index (χ0n) is 8.14. The van der Waals surface area contributed by atoms with Gasteiger partial charge in [0.05, 0.1) is 5.56 Å². The zero-order chi connectivity index (χ0) is 11.6. The summed E-state index contributed by atoms with van der Waals surface area (Å²) >= 11 is 0.829. The zero-order valence-corrected chi connectivity index (χ0v) is 8.96. The molecule has 1 heterocycles. The summed E-state index contributed by atoms with van der Waals surface area (Å²) in [5.74, 6) is -0.686. The van der Waals surface area contributed by atoms with Crippen LogP contribution < -0.4 is 0 Å². The Hall–Kier alpha value is -0.910. The maximum absolute atomic E-state index is 12.4. The van der Waals surface area contributed by atoms with E-state index in [2.05, 4.69) is 4.42 Å². The number of halogens is 3. The first kappa shape index (κ1) is 12.2. The van der Waals surface area contributed by atoms with E-state index in [1.54, 1.807) is 6.92 Å². The molecule has 15 heavy (non-hydrogen) atoms. The molecule has 0 aromatic carbocycles. The van der Waals surface area contributed by atoms with Crippen LogP contribution in [0.5, 0.6) is 0 Å². The van der Waals surface area contributed by atoms with Crippen LogP contribution in [0.15, 0.2) is 10.5 Å². The monoisotopic (exact) mass is 238 g/mol.